The van der Waals surface area contributed by atoms with Crippen molar-refractivity contribution >= 4 is 40.9 Å². The van der Waals surface area contributed by atoms with Gasteiger partial charge in [0.15, 0.2) is 5.96 Å². The summed E-state index contributed by atoms with van der Waals surface area (Å²) >= 11 is 0. The fourth-order valence-electron chi connectivity index (χ4n) is 2.95. The summed E-state index contributed by atoms with van der Waals surface area (Å²) in [5.41, 5.74) is 1.65. The highest BCUT2D eigenvalue weighted by atomic mass is 127. The number of hydrogen-bond donors (Lipinski definition) is 2. The molecule has 3 rings (SSSR count). The van der Waals surface area contributed by atoms with Crippen molar-refractivity contribution in [1.82, 2.24) is 15.5 Å². The number of fused-ring (bicyclic) bond motifs is 1. The fourth-order valence-corrected chi connectivity index (χ4v) is 2.95. The molecule has 0 spiro atoms. The van der Waals surface area contributed by atoms with Gasteiger partial charge in [0.1, 0.15) is 17.2 Å². The third-order valence-corrected chi connectivity index (χ3v) is 4.46. The van der Waals surface area contributed by atoms with E-state index in [2.05, 4.69) is 20.5 Å². The van der Waals surface area contributed by atoms with Crippen LogP contribution >= 0.6 is 24.0 Å². The summed E-state index contributed by atoms with van der Waals surface area (Å²) < 4.78 is 24.6. The molecule has 1 aromatic carbocycles. The zero-order valence-corrected chi connectivity index (χ0v) is 17.5. The first-order chi connectivity index (χ1) is 12.2. The van der Waals surface area contributed by atoms with E-state index in [0.29, 0.717) is 12.1 Å². The lowest BCUT2D eigenvalue weighted by Crippen LogP contribution is -2.44. The van der Waals surface area contributed by atoms with E-state index in [1.807, 2.05) is 6.92 Å². The minimum absolute atomic E-state index is 0. The van der Waals surface area contributed by atoms with Crippen LogP contribution in [0.1, 0.15) is 11.3 Å². The minimum Gasteiger partial charge on any atom is -0.459 e. The van der Waals surface area contributed by atoms with E-state index >= 15 is 0 Å². The Bertz CT molecular complexity index is 744. The highest BCUT2D eigenvalue weighted by Gasteiger charge is 2.12. The summed E-state index contributed by atoms with van der Waals surface area (Å²) in [4.78, 5) is 6.60. The van der Waals surface area contributed by atoms with E-state index in [4.69, 9.17) is 9.15 Å². The summed E-state index contributed by atoms with van der Waals surface area (Å²) in [6, 6.07) is 4.58. The van der Waals surface area contributed by atoms with Gasteiger partial charge in [-0.15, -0.1) is 24.0 Å². The first kappa shape index (κ1) is 20.9. The Balaban J connectivity index is 0.00000243. The molecule has 0 saturated carbocycles. The Morgan fingerprint density at radius 3 is 2.77 bits per heavy atom. The van der Waals surface area contributed by atoms with Gasteiger partial charge in [0.25, 0.3) is 0 Å². The number of halogens is 2. The zero-order chi connectivity index (χ0) is 17.6. The molecule has 1 fully saturated rings. The Kier molecular flexibility index (Phi) is 8.11. The van der Waals surface area contributed by atoms with Gasteiger partial charge in [-0.1, -0.05) is 0 Å². The molecular formula is C18H26FIN4O2. The number of benzene rings is 1. The van der Waals surface area contributed by atoms with Crippen molar-refractivity contribution in [3.63, 3.8) is 0 Å². The third kappa shape index (κ3) is 5.31. The van der Waals surface area contributed by atoms with E-state index in [0.717, 1.165) is 62.1 Å². The van der Waals surface area contributed by atoms with Gasteiger partial charge in [0, 0.05) is 44.2 Å². The maximum absolute atomic E-state index is 13.4. The summed E-state index contributed by atoms with van der Waals surface area (Å²) in [7, 11) is 1.74. The van der Waals surface area contributed by atoms with Crippen LogP contribution in [0.4, 0.5) is 4.39 Å². The van der Waals surface area contributed by atoms with Crippen molar-refractivity contribution in [1.29, 1.82) is 0 Å². The quantitative estimate of drug-likeness (QED) is 0.395. The van der Waals surface area contributed by atoms with E-state index in [9.17, 15) is 4.39 Å². The van der Waals surface area contributed by atoms with Crippen LogP contribution in [0.15, 0.2) is 27.6 Å². The normalized spacial score (nSPS) is 15.7. The van der Waals surface area contributed by atoms with Crippen LogP contribution in [-0.2, 0) is 11.3 Å². The van der Waals surface area contributed by atoms with Crippen molar-refractivity contribution in [3.8, 4) is 0 Å². The number of nitrogens with zero attached hydrogens (tertiary/aromatic N) is 2. The smallest absolute Gasteiger partial charge is 0.191 e. The Morgan fingerprint density at radius 2 is 2.04 bits per heavy atom. The van der Waals surface area contributed by atoms with Crippen molar-refractivity contribution in [2.45, 2.75) is 13.5 Å². The molecule has 1 saturated heterocycles. The van der Waals surface area contributed by atoms with Crippen molar-refractivity contribution in [3.05, 3.63) is 35.3 Å². The SMILES string of the molecule is CN=C(NCCN1CCOCC1)NCc1oc2ccc(F)cc2c1C.I. The molecule has 8 heteroatoms. The highest BCUT2D eigenvalue weighted by molar-refractivity contribution is 14.0. The zero-order valence-electron chi connectivity index (χ0n) is 15.2. The van der Waals surface area contributed by atoms with Crippen LogP contribution < -0.4 is 10.6 Å². The lowest BCUT2D eigenvalue weighted by molar-refractivity contribution is 0.0389. The average Bonchev–Trinajstić information content (AvgIpc) is 2.94. The second-order valence-electron chi connectivity index (χ2n) is 6.10. The largest absolute Gasteiger partial charge is 0.459 e. The molecule has 1 aliphatic heterocycles. The van der Waals surface area contributed by atoms with Crippen molar-refractivity contribution in [2.24, 2.45) is 4.99 Å². The lowest BCUT2D eigenvalue weighted by atomic mass is 10.1. The number of aryl methyl sites for hydroxylation is 1. The lowest BCUT2D eigenvalue weighted by Gasteiger charge is -2.26. The maximum Gasteiger partial charge on any atom is 0.191 e. The molecule has 2 N–H and O–H groups in total. The minimum atomic E-state index is -0.253. The number of nitrogens with one attached hydrogen (secondary N) is 2. The Labute approximate surface area is 170 Å². The van der Waals surface area contributed by atoms with E-state index in [1.54, 1.807) is 13.1 Å². The Hall–Kier alpha value is -1.39. The molecular weight excluding hydrogens is 450 g/mol. The molecule has 0 atom stereocenters. The van der Waals surface area contributed by atoms with E-state index < -0.39 is 0 Å². The number of aliphatic imine (C=N–C) groups is 1. The average molecular weight is 476 g/mol. The molecule has 1 aromatic heterocycles. The summed E-state index contributed by atoms with van der Waals surface area (Å²) in [6.07, 6.45) is 0. The molecule has 0 bridgehead atoms. The molecule has 26 heavy (non-hydrogen) atoms. The molecule has 144 valence electrons. The van der Waals surface area contributed by atoms with Crippen LogP contribution in [0.3, 0.4) is 0 Å². The van der Waals surface area contributed by atoms with Gasteiger partial charge in [-0.25, -0.2) is 4.39 Å². The van der Waals surface area contributed by atoms with Crippen LogP contribution in [0.25, 0.3) is 11.0 Å². The van der Waals surface area contributed by atoms with Crippen LogP contribution in [0.2, 0.25) is 0 Å². The van der Waals surface area contributed by atoms with Gasteiger partial charge >= 0.3 is 0 Å². The molecule has 1 aliphatic rings. The number of guanidine groups is 1. The number of hydrogen-bond acceptors (Lipinski definition) is 4. The first-order valence-corrected chi connectivity index (χ1v) is 8.59. The molecule has 2 heterocycles. The summed E-state index contributed by atoms with van der Waals surface area (Å²) in [5, 5.41) is 7.36. The molecule has 6 nitrogen and oxygen atoms in total. The number of rotatable bonds is 5. The highest BCUT2D eigenvalue weighted by Crippen LogP contribution is 2.25. The summed E-state index contributed by atoms with van der Waals surface area (Å²) in [6.45, 7) is 7.76. The van der Waals surface area contributed by atoms with Crippen LogP contribution in [0, 0.1) is 12.7 Å². The Morgan fingerprint density at radius 1 is 1.27 bits per heavy atom. The number of furan rings is 1. The number of morpholine rings is 1. The van der Waals surface area contributed by atoms with Gasteiger partial charge < -0.3 is 19.8 Å². The van der Waals surface area contributed by atoms with E-state index in [1.165, 1.54) is 12.1 Å². The second kappa shape index (κ2) is 10.1. The van der Waals surface area contributed by atoms with E-state index in [-0.39, 0.29) is 29.8 Å². The molecule has 2 aromatic rings. The summed E-state index contributed by atoms with van der Waals surface area (Å²) in [5.74, 6) is 1.26. The monoisotopic (exact) mass is 476 g/mol. The van der Waals surface area contributed by atoms with Gasteiger partial charge in [0.05, 0.1) is 19.8 Å². The standard InChI is InChI=1S/C18H25FN4O2.HI/c1-13-15-11-14(19)3-4-16(15)25-17(13)12-22-18(20-2)21-5-6-23-7-9-24-10-8-23;/h3-4,11H,5-10,12H2,1-2H3,(H2,20,21,22);1H. The van der Waals surface area contributed by atoms with Gasteiger partial charge in [0.2, 0.25) is 0 Å². The van der Waals surface area contributed by atoms with Gasteiger partial charge in [-0.2, -0.15) is 0 Å². The fraction of sp³-hybridized carbons (Fsp3) is 0.500. The predicted octanol–water partition coefficient (Wildman–Crippen LogP) is 2.50. The van der Waals surface area contributed by atoms with Crippen LogP contribution in [0.5, 0.6) is 0 Å². The second-order valence-corrected chi connectivity index (χ2v) is 6.10. The van der Waals surface area contributed by atoms with Crippen molar-refractivity contribution in [2.75, 3.05) is 46.4 Å². The molecule has 0 radical (unpaired) electrons. The third-order valence-electron chi connectivity index (χ3n) is 4.46. The molecule has 0 amide bonds. The predicted molar refractivity (Wildman–Crippen MR) is 112 cm³/mol. The molecule has 0 unspecified atom stereocenters. The topological polar surface area (TPSA) is 62.0 Å². The van der Waals surface area contributed by atoms with Crippen molar-refractivity contribution < 1.29 is 13.5 Å². The van der Waals surface area contributed by atoms with Gasteiger partial charge in [-0.05, 0) is 25.1 Å². The van der Waals surface area contributed by atoms with Gasteiger partial charge in [-0.3, -0.25) is 9.89 Å². The molecule has 0 aliphatic carbocycles. The van der Waals surface area contributed by atoms with Crippen LogP contribution in [-0.4, -0.2) is 57.3 Å². The first-order valence-electron chi connectivity index (χ1n) is 8.59. The maximum atomic E-state index is 13.4. The number of ether oxygens (including phenoxy) is 1.